The number of benzene rings is 1. The van der Waals surface area contributed by atoms with Gasteiger partial charge in [0.15, 0.2) is 0 Å². The summed E-state index contributed by atoms with van der Waals surface area (Å²) < 4.78 is 1.02. The van der Waals surface area contributed by atoms with Crippen molar-refractivity contribution in [1.29, 1.82) is 0 Å². The monoisotopic (exact) mass is 276 g/mol. The maximum atomic E-state index is 11.9. The summed E-state index contributed by atoms with van der Waals surface area (Å²) in [5.74, 6) is -1.65. The van der Waals surface area contributed by atoms with Crippen LogP contribution >= 0.6 is 11.3 Å². The van der Waals surface area contributed by atoms with Gasteiger partial charge in [0.25, 0.3) is 0 Å². The van der Waals surface area contributed by atoms with Gasteiger partial charge in [-0.2, -0.15) is 0 Å². The summed E-state index contributed by atoms with van der Waals surface area (Å²) in [7, 11) is 0. The van der Waals surface area contributed by atoms with Crippen molar-refractivity contribution in [3.63, 3.8) is 0 Å². The number of amides is 1. The Bertz CT molecular complexity index is 680. The van der Waals surface area contributed by atoms with E-state index in [-0.39, 0.29) is 18.9 Å². The van der Waals surface area contributed by atoms with Crippen molar-refractivity contribution in [3.8, 4) is 0 Å². The van der Waals surface area contributed by atoms with Crippen LogP contribution in [0.1, 0.15) is 11.4 Å². The van der Waals surface area contributed by atoms with Crippen LogP contribution < -0.4 is 4.90 Å². The predicted octanol–water partition coefficient (Wildman–Crippen LogP) is 2.04. The Balaban J connectivity index is 1.95. The Hall–Kier alpha value is -1.95. The third kappa shape index (κ3) is 2.08. The molecular weight excluding hydrogens is 264 g/mol. The molecule has 1 N–H and O–H groups in total. The predicted molar refractivity (Wildman–Crippen MR) is 72.5 cm³/mol. The number of hydrogen-bond donors (Lipinski definition) is 1. The summed E-state index contributed by atoms with van der Waals surface area (Å²) >= 11 is 1.57. The zero-order valence-corrected chi connectivity index (χ0v) is 11.1. The van der Waals surface area contributed by atoms with E-state index in [0.717, 1.165) is 20.9 Å². The van der Waals surface area contributed by atoms with E-state index in [2.05, 4.69) is 4.98 Å². The van der Waals surface area contributed by atoms with Crippen LogP contribution in [0.25, 0.3) is 10.2 Å². The standard InChI is InChI=1S/C13H12N2O3S/c1-7-14-10-3-2-9(5-11(10)19-7)15-6-8(13(17)18)4-12(15)16/h2-3,5,8H,4,6H2,1H3,(H,17,18)/t8-/m0/s1. The smallest absolute Gasteiger partial charge is 0.308 e. The van der Waals surface area contributed by atoms with Crippen LogP contribution in [-0.4, -0.2) is 28.5 Å². The third-order valence-electron chi connectivity index (χ3n) is 3.26. The van der Waals surface area contributed by atoms with E-state index in [1.165, 1.54) is 0 Å². The number of hydrogen-bond acceptors (Lipinski definition) is 4. The lowest BCUT2D eigenvalue weighted by atomic mass is 10.1. The maximum absolute atomic E-state index is 11.9. The van der Waals surface area contributed by atoms with Gasteiger partial charge in [0.2, 0.25) is 5.91 Å². The fraction of sp³-hybridized carbons (Fsp3) is 0.308. The number of carbonyl (C=O) groups excluding carboxylic acids is 1. The average Bonchev–Trinajstić information content (AvgIpc) is 2.90. The van der Waals surface area contributed by atoms with Crippen molar-refractivity contribution in [2.75, 3.05) is 11.4 Å². The van der Waals surface area contributed by atoms with Crippen LogP contribution in [0.4, 0.5) is 5.69 Å². The zero-order chi connectivity index (χ0) is 13.6. The van der Waals surface area contributed by atoms with Crippen molar-refractivity contribution in [3.05, 3.63) is 23.2 Å². The molecule has 1 amide bonds. The lowest BCUT2D eigenvalue weighted by Crippen LogP contribution is -2.25. The van der Waals surface area contributed by atoms with E-state index in [4.69, 9.17) is 5.11 Å². The van der Waals surface area contributed by atoms with Crippen LogP contribution in [0.3, 0.4) is 0 Å². The van der Waals surface area contributed by atoms with E-state index in [9.17, 15) is 9.59 Å². The van der Waals surface area contributed by atoms with Crippen molar-refractivity contribution < 1.29 is 14.7 Å². The van der Waals surface area contributed by atoms with Crippen LogP contribution in [0, 0.1) is 12.8 Å². The molecule has 0 bridgehead atoms. The summed E-state index contributed by atoms with van der Waals surface area (Å²) in [6, 6.07) is 5.60. The highest BCUT2D eigenvalue weighted by molar-refractivity contribution is 7.18. The Labute approximate surface area is 113 Å². The number of carboxylic acid groups (broad SMARTS) is 1. The molecule has 0 saturated carbocycles. The van der Waals surface area contributed by atoms with Gasteiger partial charge in [0.1, 0.15) is 0 Å². The average molecular weight is 276 g/mol. The molecule has 2 aromatic rings. The fourth-order valence-corrected chi connectivity index (χ4v) is 3.18. The molecule has 5 nitrogen and oxygen atoms in total. The molecule has 1 aromatic heterocycles. The third-order valence-corrected chi connectivity index (χ3v) is 4.20. The van der Waals surface area contributed by atoms with Crippen LogP contribution in [0.5, 0.6) is 0 Å². The second-order valence-corrected chi connectivity index (χ2v) is 5.86. The van der Waals surface area contributed by atoms with E-state index in [0.29, 0.717) is 0 Å². The molecule has 1 atom stereocenters. The van der Waals surface area contributed by atoms with Gasteiger partial charge in [-0.1, -0.05) is 0 Å². The first-order chi connectivity index (χ1) is 9.04. The quantitative estimate of drug-likeness (QED) is 0.911. The topological polar surface area (TPSA) is 70.5 Å². The lowest BCUT2D eigenvalue weighted by Gasteiger charge is -2.15. The molecule has 19 heavy (non-hydrogen) atoms. The summed E-state index contributed by atoms with van der Waals surface area (Å²) in [6.45, 7) is 2.18. The SMILES string of the molecule is Cc1nc2ccc(N3C[C@@H](C(=O)O)CC3=O)cc2s1. The molecule has 0 radical (unpaired) electrons. The van der Waals surface area contributed by atoms with Gasteiger partial charge in [-0.15, -0.1) is 11.3 Å². The molecule has 1 aliphatic heterocycles. The van der Waals surface area contributed by atoms with E-state index >= 15 is 0 Å². The number of nitrogens with zero attached hydrogens (tertiary/aromatic N) is 2. The number of carboxylic acids is 1. The summed E-state index contributed by atoms with van der Waals surface area (Å²) in [5, 5.41) is 9.96. The van der Waals surface area contributed by atoms with E-state index < -0.39 is 11.9 Å². The number of aromatic nitrogens is 1. The van der Waals surface area contributed by atoms with Crippen molar-refractivity contribution in [1.82, 2.24) is 4.98 Å². The molecule has 6 heteroatoms. The molecule has 1 aromatic carbocycles. The van der Waals surface area contributed by atoms with Crippen LogP contribution in [-0.2, 0) is 9.59 Å². The minimum atomic E-state index is -0.912. The second kappa shape index (κ2) is 4.31. The number of aliphatic carboxylic acids is 1. The molecule has 0 unspecified atom stereocenters. The highest BCUT2D eigenvalue weighted by atomic mass is 32.1. The summed E-state index contributed by atoms with van der Waals surface area (Å²) in [5.41, 5.74) is 1.66. The van der Waals surface area contributed by atoms with Gasteiger partial charge >= 0.3 is 5.97 Å². The maximum Gasteiger partial charge on any atom is 0.308 e. The van der Waals surface area contributed by atoms with Gasteiger partial charge in [-0.05, 0) is 25.1 Å². The van der Waals surface area contributed by atoms with Crippen molar-refractivity contribution in [2.24, 2.45) is 5.92 Å². The molecule has 1 fully saturated rings. The molecular formula is C13H12N2O3S. The molecule has 3 rings (SSSR count). The normalized spacial score (nSPS) is 19.3. The molecule has 1 saturated heterocycles. The van der Waals surface area contributed by atoms with Gasteiger partial charge in [-0.3, -0.25) is 9.59 Å². The molecule has 2 heterocycles. The largest absolute Gasteiger partial charge is 0.481 e. The second-order valence-electron chi connectivity index (χ2n) is 4.63. The Morgan fingerprint density at radius 3 is 3.00 bits per heavy atom. The summed E-state index contributed by atoms with van der Waals surface area (Å²) in [6.07, 6.45) is 0.0785. The minimum Gasteiger partial charge on any atom is -0.481 e. The minimum absolute atomic E-state index is 0.0785. The van der Waals surface area contributed by atoms with Gasteiger partial charge in [-0.25, -0.2) is 4.98 Å². The fourth-order valence-electron chi connectivity index (χ4n) is 2.32. The zero-order valence-electron chi connectivity index (χ0n) is 10.3. The van der Waals surface area contributed by atoms with Gasteiger partial charge in [0, 0.05) is 18.7 Å². The first-order valence-corrected chi connectivity index (χ1v) is 6.76. The number of carbonyl (C=O) groups is 2. The number of anilines is 1. The first-order valence-electron chi connectivity index (χ1n) is 5.95. The highest BCUT2D eigenvalue weighted by Crippen LogP contribution is 2.30. The number of thiazole rings is 1. The van der Waals surface area contributed by atoms with E-state index in [1.54, 1.807) is 16.2 Å². The molecule has 0 spiro atoms. The lowest BCUT2D eigenvalue weighted by molar-refractivity contribution is -0.141. The Morgan fingerprint density at radius 2 is 2.32 bits per heavy atom. The number of aryl methyl sites for hydroxylation is 1. The first kappa shape index (κ1) is 12.1. The van der Waals surface area contributed by atoms with Gasteiger partial charge in [0.05, 0.1) is 21.1 Å². The Morgan fingerprint density at radius 1 is 1.53 bits per heavy atom. The van der Waals surface area contributed by atoms with Crippen LogP contribution in [0.2, 0.25) is 0 Å². The Kier molecular flexibility index (Phi) is 2.74. The van der Waals surface area contributed by atoms with Gasteiger partial charge < -0.3 is 10.0 Å². The molecule has 0 aliphatic carbocycles. The van der Waals surface area contributed by atoms with Crippen molar-refractivity contribution >= 4 is 39.1 Å². The molecule has 98 valence electrons. The van der Waals surface area contributed by atoms with E-state index in [1.807, 2.05) is 25.1 Å². The van der Waals surface area contributed by atoms with Crippen molar-refractivity contribution in [2.45, 2.75) is 13.3 Å². The molecule has 1 aliphatic rings. The summed E-state index contributed by atoms with van der Waals surface area (Å²) in [4.78, 5) is 28.7. The number of fused-ring (bicyclic) bond motifs is 1. The van der Waals surface area contributed by atoms with Crippen LogP contribution in [0.15, 0.2) is 18.2 Å². The number of rotatable bonds is 2. The highest BCUT2D eigenvalue weighted by Gasteiger charge is 2.35.